The number of nitrogens with zero attached hydrogens (tertiary/aromatic N) is 1. The van der Waals surface area contributed by atoms with Crippen molar-refractivity contribution in [1.82, 2.24) is 10.2 Å². The van der Waals surface area contributed by atoms with Gasteiger partial charge in [-0.2, -0.15) is 0 Å². The van der Waals surface area contributed by atoms with Gasteiger partial charge in [-0.25, -0.2) is 0 Å². The second kappa shape index (κ2) is 4.27. The first-order valence-electron chi connectivity index (χ1n) is 5.74. The molecule has 0 aromatic heterocycles. The number of likely N-dealkylation sites (tertiary alicyclic amines) is 1. The smallest absolute Gasteiger partial charge is 0.142 e. The molecular formula is C12H20N2O. The molecule has 2 rings (SSSR count). The van der Waals surface area contributed by atoms with Crippen LogP contribution in [0.25, 0.3) is 0 Å². The summed E-state index contributed by atoms with van der Waals surface area (Å²) in [4.78, 5) is 2.29. The highest BCUT2D eigenvalue weighted by Gasteiger charge is 2.20. The van der Waals surface area contributed by atoms with E-state index in [2.05, 4.69) is 36.2 Å². The maximum Gasteiger partial charge on any atom is 0.142 e. The molecule has 1 unspecified atom stereocenters. The standard InChI is InChI=1S/C12H20N2O/c1-3-12(2)6-5-11(9-13-12)15-10-14-7-4-8-14/h5-6,9,13H,3-4,7-8,10H2,1-2H3. The Labute approximate surface area is 91.8 Å². The van der Waals surface area contributed by atoms with E-state index in [1.54, 1.807) is 0 Å². The molecule has 84 valence electrons. The van der Waals surface area contributed by atoms with E-state index in [-0.39, 0.29) is 5.54 Å². The lowest BCUT2D eigenvalue weighted by Crippen LogP contribution is -2.40. The van der Waals surface area contributed by atoms with Crippen molar-refractivity contribution < 1.29 is 4.74 Å². The Morgan fingerprint density at radius 2 is 2.33 bits per heavy atom. The van der Waals surface area contributed by atoms with Gasteiger partial charge < -0.3 is 10.1 Å². The van der Waals surface area contributed by atoms with Crippen molar-refractivity contribution in [3.63, 3.8) is 0 Å². The maximum absolute atomic E-state index is 5.66. The molecule has 3 heteroatoms. The highest BCUT2D eigenvalue weighted by atomic mass is 16.5. The van der Waals surface area contributed by atoms with Crippen LogP contribution in [-0.4, -0.2) is 30.3 Å². The van der Waals surface area contributed by atoms with Crippen LogP contribution in [0.2, 0.25) is 0 Å². The minimum atomic E-state index is 0.101. The molecule has 0 radical (unpaired) electrons. The predicted molar refractivity (Wildman–Crippen MR) is 61.2 cm³/mol. The molecule has 2 aliphatic heterocycles. The molecule has 1 atom stereocenters. The van der Waals surface area contributed by atoms with E-state index in [0.29, 0.717) is 0 Å². The molecule has 3 nitrogen and oxygen atoms in total. The molecule has 2 heterocycles. The summed E-state index contributed by atoms with van der Waals surface area (Å²) in [6, 6.07) is 0. The lowest BCUT2D eigenvalue weighted by atomic mass is 9.97. The molecule has 0 aliphatic carbocycles. The fraction of sp³-hybridized carbons (Fsp3) is 0.667. The van der Waals surface area contributed by atoms with Crippen LogP contribution in [0.4, 0.5) is 0 Å². The summed E-state index contributed by atoms with van der Waals surface area (Å²) >= 11 is 0. The maximum atomic E-state index is 5.66. The van der Waals surface area contributed by atoms with Crippen LogP contribution >= 0.6 is 0 Å². The van der Waals surface area contributed by atoms with Crippen molar-refractivity contribution in [2.75, 3.05) is 19.8 Å². The largest absolute Gasteiger partial charge is 0.477 e. The van der Waals surface area contributed by atoms with E-state index in [1.807, 2.05) is 6.20 Å². The predicted octanol–water partition coefficient (Wildman–Crippen LogP) is 1.84. The number of allylic oxidation sites excluding steroid dienone is 1. The Balaban J connectivity index is 1.78. The number of hydrogen-bond donors (Lipinski definition) is 1. The molecule has 15 heavy (non-hydrogen) atoms. The van der Waals surface area contributed by atoms with Gasteiger partial charge in [0.05, 0.1) is 5.54 Å². The van der Waals surface area contributed by atoms with E-state index in [1.165, 1.54) is 19.5 Å². The molecule has 0 bridgehead atoms. The number of dihydropyridines is 1. The third kappa shape index (κ3) is 2.53. The molecule has 0 aromatic rings. The van der Waals surface area contributed by atoms with Crippen molar-refractivity contribution in [3.05, 3.63) is 24.1 Å². The third-order valence-electron chi connectivity index (χ3n) is 3.26. The van der Waals surface area contributed by atoms with Crippen molar-refractivity contribution >= 4 is 0 Å². The highest BCUT2D eigenvalue weighted by Crippen LogP contribution is 2.18. The molecule has 0 spiro atoms. The Morgan fingerprint density at radius 1 is 1.53 bits per heavy atom. The van der Waals surface area contributed by atoms with Gasteiger partial charge in [0, 0.05) is 19.3 Å². The summed E-state index contributed by atoms with van der Waals surface area (Å²) in [6.45, 7) is 7.44. The van der Waals surface area contributed by atoms with Gasteiger partial charge >= 0.3 is 0 Å². The van der Waals surface area contributed by atoms with Gasteiger partial charge in [-0.15, -0.1) is 0 Å². The van der Waals surface area contributed by atoms with E-state index >= 15 is 0 Å². The molecule has 0 amide bonds. The number of hydrogen-bond acceptors (Lipinski definition) is 3. The molecular weight excluding hydrogens is 188 g/mol. The lowest BCUT2D eigenvalue weighted by molar-refractivity contribution is 0.0352. The quantitative estimate of drug-likeness (QED) is 0.763. The van der Waals surface area contributed by atoms with Gasteiger partial charge in [0.1, 0.15) is 12.5 Å². The fourth-order valence-corrected chi connectivity index (χ4v) is 1.58. The highest BCUT2D eigenvalue weighted by molar-refractivity contribution is 5.23. The average molecular weight is 208 g/mol. The molecule has 0 saturated carbocycles. The van der Waals surface area contributed by atoms with Crippen LogP contribution in [0, 0.1) is 0 Å². The van der Waals surface area contributed by atoms with E-state index in [0.717, 1.165) is 18.9 Å². The topological polar surface area (TPSA) is 24.5 Å². The molecule has 2 aliphatic rings. The summed E-state index contributed by atoms with van der Waals surface area (Å²) in [5.41, 5.74) is 0.101. The Morgan fingerprint density at radius 3 is 2.80 bits per heavy atom. The summed E-state index contributed by atoms with van der Waals surface area (Å²) in [6.07, 6.45) is 8.62. The fourth-order valence-electron chi connectivity index (χ4n) is 1.58. The summed E-state index contributed by atoms with van der Waals surface area (Å²) in [5.74, 6) is 0.938. The molecule has 1 saturated heterocycles. The normalized spacial score (nSPS) is 30.4. The third-order valence-corrected chi connectivity index (χ3v) is 3.26. The van der Waals surface area contributed by atoms with Gasteiger partial charge in [-0.1, -0.05) is 13.0 Å². The Hall–Kier alpha value is -0.960. The minimum absolute atomic E-state index is 0.101. The van der Waals surface area contributed by atoms with Crippen LogP contribution in [-0.2, 0) is 4.74 Å². The van der Waals surface area contributed by atoms with Gasteiger partial charge in [0.25, 0.3) is 0 Å². The summed E-state index contributed by atoms with van der Waals surface area (Å²) in [5, 5.41) is 3.36. The summed E-state index contributed by atoms with van der Waals surface area (Å²) in [7, 11) is 0. The van der Waals surface area contributed by atoms with Crippen LogP contribution in [0.3, 0.4) is 0 Å². The zero-order valence-electron chi connectivity index (χ0n) is 9.62. The van der Waals surface area contributed by atoms with Crippen LogP contribution in [0.1, 0.15) is 26.7 Å². The van der Waals surface area contributed by atoms with Crippen molar-refractivity contribution in [3.8, 4) is 0 Å². The van der Waals surface area contributed by atoms with Gasteiger partial charge in [-0.3, -0.25) is 4.90 Å². The van der Waals surface area contributed by atoms with E-state index < -0.39 is 0 Å². The molecule has 0 aromatic carbocycles. The average Bonchev–Trinajstić information content (AvgIpc) is 2.19. The second-order valence-electron chi connectivity index (χ2n) is 4.54. The zero-order valence-corrected chi connectivity index (χ0v) is 9.62. The van der Waals surface area contributed by atoms with Crippen molar-refractivity contribution in [1.29, 1.82) is 0 Å². The number of nitrogens with one attached hydrogen (secondary N) is 1. The lowest BCUT2D eigenvalue weighted by Gasteiger charge is -2.32. The first-order chi connectivity index (χ1) is 7.22. The summed E-state index contributed by atoms with van der Waals surface area (Å²) < 4.78 is 5.66. The molecule has 1 N–H and O–H groups in total. The van der Waals surface area contributed by atoms with Gasteiger partial charge in [-0.05, 0) is 25.8 Å². The minimum Gasteiger partial charge on any atom is -0.477 e. The Bertz CT molecular complexity index is 281. The Kier molecular flexibility index (Phi) is 3.00. The SMILES string of the molecule is CCC1(C)C=CC(OCN2CCC2)=CN1. The van der Waals surface area contributed by atoms with Gasteiger partial charge in [0.15, 0.2) is 0 Å². The zero-order chi connectivity index (χ0) is 10.7. The second-order valence-corrected chi connectivity index (χ2v) is 4.54. The first-order valence-corrected chi connectivity index (χ1v) is 5.74. The monoisotopic (exact) mass is 208 g/mol. The van der Waals surface area contributed by atoms with Crippen LogP contribution < -0.4 is 5.32 Å². The number of ether oxygens (including phenoxy) is 1. The molecule has 1 fully saturated rings. The van der Waals surface area contributed by atoms with Crippen LogP contribution in [0.5, 0.6) is 0 Å². The van der Waals surface area contributed by atoms with E-state index in [9.17, 15) is 0 Å². The van der Waals surface area contributed by atoms with Crippen LogP contribution in [0.15, 0.2) is 24.1 Å². The number of rotatable bonds is 4. The van der Waals surface area contributed by atoms with Gasteiger partial charge in [0.2, 0.25) is 0 Å². The van der Waals surface area contributed by atoms with Crippen molar-refractivity contribution in [2.45, 2.75) is 32.2 Å². The van der Waals surface area contributed by atoms with E-state index in [4.69, 9.17) is 4.74 Å². The van der Waals surface area contributed by atoms with Crippen molar-refractivity contribution in [2.24, 2.45) is 0 Å². The first kappa shape index (κ1) is 10.6.